The standard InChI is InChI=1S/C28H32N4O2/c1-27(2,26-10-6-7-16-29-26)32-17-15-28(20-32,21-33-19-23-8-4-3-5-9-23)14-13-22-11-12-24-25(18-22)31-34-30-24/h3-12,16,18H,13-15,17,19-21H2,1-2H3/t28-/m1/s1. The van der Waals surface area contributed by atoms with Crippen molar-refractivity contribution in [1.29, 1.82) is 0 Å². The lowest BCUT2D eigenvalue weighted by Gasteiger charge is -2.37. The maximum Gasteiger partial charge on any atom is 0.135 e. The van der Waals surface area contributed by atoms with Gasteiger partial charge >= 0.3 is 0 Å². The van der Waals surface area contributed by atoms with E-state index >= 15 is 0 Å². The SMILES string of the molecule is CC(C)(c1ccccn1)N1CC[C@@](CCc2ccc3nonc3c2)(COCc2ccccc2)C1. The van der Waals surface area contributed by atoms with Gasteiger partial charge in [-0.3, -0.25) is 9.88 Å². The molecule has 1 fully saturated rings. The second-order valence-electron chi connectivity index (χ2n) is 10.0. The topological polar surface area (TPSA) is 64.3 Å². The first kappa shape index (κ1) is 22.7. The van der Waals surface area contributed by atoms with Crippen LogP contribution in [0.4, 0.5) is 0 Å². The van der Waals surface area contributed by atoms with E-state index in [0.29, 0.717) is 6.61 Å². The van der Waals surface area contributed by atoms with Crippen molar-refractivity contribution in [2.45, 2.75) is 45.3 Å². The summed E-state index contributed by atoms with van der Waals surface area (Å²) in [6.07, 6.45) is 5.01. The van der Waals surface area contributed by atoms with Crippen LogP contribution in [-0.2, 0) is 23.3 Å². The van der Waals surface area contributed by atoms with Crippen LogP contribution in [0.5, 0.6) is 0 Å². The molecule has 2 aromatic heterocycles. The zero-order valence-corrected chi connectivity index (χ0v) is 20.0. The summed E-state index contributed by atoms with van der Waals surface area (Å²) in [6.45, 7) is 7.96. The van der Waals surface area contributed by atoms with Crippen molar-refractivity contribution in [3.05, 3.63) is 89.7 Å². The lowest BCUT2D eigenvalue weighted by molar-refractivity contribution is 0.0236. The Hall–Kier alpha value is -3.09. The molecule has 6 heteroatoms. The first-order chi connectivity index (χ1) is 16.5. The molecule has 4 aromatic rings. The molecule has 1 atom stereocenters. The van der Waals surface area contributed by atoms with Crippen LogP contribution < -0.4 is 0 Å². The largest absolute Gasteiger partial charge is 0.376 e. The van der Waals surface area contributed by atoms with Gasteiger partial charge in [-0.05, 0) is 85.4 Å². The first-order valence-electron chi connectivity index (χ1n) is 12.0. The second-order valence-corrected chi connectivity index (χ2v) is 10.0. The summed E-state index contributed by atoms with van der Waals surface area (Å²) in [5.41, 5.74) is 5.15. The average Bonchev–Trinajstić information content (AvgIpc) is 3.52. The number of aromatic nitrogens is 3. The molecule has 2 aromatic carbocycles. The van der Waals surface area contributed by atoms with Crippen LogP contribution >= 0.6 is 0 Å². The predicted octanol–water partition coefficient (Wildman–Crippen LogP) is 5.39. The van der Waals surface area contributed by atoms with Crippen molar-refractivity contribution in [3.63, 3.8) is 0 Å². The van der Waals surface area contributed by atoms with Crippen molar-refractivity contribution in [3.8, 4) is 0 Å². The Morgan fingerprint density at radius 3 is 2.62 bits per heavy atom. The summed E-state index contributed by atoms with van der Waals surface area (Å²) in [6, 6.07) is 22.8. The van der Waals surface area contributed by atoms with Crippen LogP contribution in [0.25, 0.3) is 11.0 Å². The van der Waals surface area contributed by atoms with Crippen LogP contribution in [0.2, 0.25) is 0 Å². The number of hydrogen-bond acceptors (Lipinski definition) is 6. The number of fused-ring (bicyclic) bond motifs is 1. The molecule has 1 saturated heterocycles. The Bertz CT molecular complexity index is 1210. The molecular weight excluding hydrogens is 424 g/mol. The van der Waals surface area contributed by atoms with Crippen molar-refractivity contribution < 1.29 is 9.37 Å². The monoisotopic (exact) mass is 456 g/mol. The van der Waals surface area contributed by atoms with E-state index in [-0.39, 0.29) is 11.0 Å². The normalized spacial score (nSPS) is 19.1. The minimum absolute atomic E-state index is 0.0812. The maximum atomic E-state index is 6.34. The summed E-state index contributed by atoms with van der Waals surface area (Å²) < 4.78 is 11.2. The average molecular weight is 457 g/mol. The van der Waals surface area contributed by atoms with Gasteiger partial charge in [-0.15, -0.1) is 0 Å². The van der Waals surface area contributed by atoms with Gasteiger partial charge in [0.2, 0.25) is 0 Å². The third-order valence-electron chi connectivity index (χ3n) is 7.30. The Kier molecular flexibility index (Phi) is 6.44. The van der Waals surface area contributed by atoms with Crippen LogP contribution in [0, 0.1) is 5.41 Å². The van der Waals surface area contributed by atoms with Gasteiger partial charge in [0.05, 0.1) is 24.4 Å². The van der Waals surface area contributed by atoms with Gasteiger partial charge in [0.15, 0.2) is 0 Å². The van der Waals surface area contributed by atoms with Gasteiger partial charge in [0.25, 0.3) is 0 Å². The molecule has 0 aliphatic carbocycles. The number of hydrogen-bond donors (Lipinski definition) is 0. The van der Waals surface area contributed by atoms with E-state index in [9.17, 15) is 0 Å². The molecule has 0 bridgehead atoms. The molecule has 176 valence electrons. The Balaban J connectivity index is 1.32. The van der Waals surface area contributed by atoms with Crippen molar-refractivity contribution in [1.82, 2.24) is 20.2 Å². The summed E-state index contributed by atoms with van der Waals surface area (Å²) in [5.74, 6) is 0. The van der Waals surface area contributed by atoms with E-state index in [1.54, 1.807) is 0 Å². The van der Waals surface area contributed by atoms with Crippen molar-refractivity contribution in [2.75, 3.05) is 19.7 Å². The fourth-order valence-corrected chi connectivity index (χ4v) is 5.05. The lowest BCUT2D eigenvalue weighted by Crippen LogP contribution is -2.43. The van der Waals surface area contributed by atoms with E-state index in [0.717, 1.165) is 55.7 Å². The van der Waals surface area contributed by atoms with Gasteiger partial charge < -0.3 is 4.74 Å². The smallest absolute Gasteiger partial charge is 0.135 e. The van der Waals surface area contributed by atoms with Crippen LogP contribution in [-0.4, -0.2) is 39.9 Å². The van der Waals surface area contributed by atoms with E-state index in [4.69, 9.17) is 9.37 Å². The van der Waals surface area contributed by atoms with Crippen LogP contribution in [0.1, 0.15) is 43.5 Å². The zero-order valence-electron chi connectivity index (χ0n) is 20.0. The van der Waals surface area contributed by atoms with Gasteiger partial charge in [-0.1, -0.05) is 42.5 Å². The van der Waals surface area contributed by atoms with Gasteiger partial charge in [-0.25, -0.2) is 4.63 Å². The minimum Gasteiger partial charge on any atom is -0.376 e. The molecule has 0 saturated carbocycles. The van der Waals surface area contributed by atoms with Crippen molar-refractivity contribution in [2.24, 2.45) is 5.41 Å². The van der Waals surface area contributed by atoms with Crippen LogP contribution in [0.3, 0.4) is 0 Å². The molecular formula is C28H32N4O2. The molecule has 0 unspecified atom stereocenters. The predicted molar refractivity (Wildman–Crippen MR) is 132 cm³/mol. The Labute approximate surface area is 200 Å². The van der Waals surface area contributed by atoms with Crippen molar-refractivity contribution >= 4 is 11.0 Å². The highest BCUT2D eigenvalue weighted by Crippen LogP contribution is 2.41. The Morgan fingerprint density at radius 2 is 1.79 bits per heavy atom. The molecule has 0 spiro atoms. The number of ether oxygens (including phenoxy) is 1. The molecule has 1 aliphatic rings. The molecule has 0 amide bonds. The maximum absolute atomic E-state index is 6.34. The number of pyridine rings is 1. The fourth-order valence-electron chi connectivity index (χ4n) is 5.05. The summed E-state index contributed by atoms with van der Waals surface area (Å²) in [4.78, 5) is 7.24. The highest BCUT2D eigenvalue weighted by molar-refractivity contribution is 5.73. The molecule has 5 rings (SSSR count). The zero-order chi connectivity index (χ0) is 23.4. The quantitative estimate of drug-likeness (QED) is 0.336. The number of likely N-dealkylation sites (tertiary alicyclic amines) is 1. The highest BCUT2D eigenvalue weighted by Gasteiger charge is 2.44. The lowest BCUT2D eigenvalue weighted by atomic mass is 9.81. The van der Waals surface area contributed by atoms with Gasteiger partial charge in [0, 0.05) is 18.2 Å². The number of aryl methyl sites for hydroxylation is 1. The summed E-state index contributed by atoms with van der Waals surface area (Å²) >= 11 is 0. The minimum atomic E-state index is -0.131. The van der Waals surface area contributed by atoms with E-state index in [1.165, 1.54) is 11.1 Å². The molecule has 0 radical (unpaired) electrons. The second kappa shape index (κ2) is 9.65. The third-order valence-corrected chi connectivity index (χ3v) is 7.30. The molecule has 6 nitrogen and oxygen atoms in total. The summed E-state index contributed by atoms with van der Waals surface area (Å²) in [7, 11) is 0. The fraction of sp³-hybridized carbons (Fsp3) is 0.393. The highest BCUT2D eigenvalue weighted by atomic mass is 16.6. The molecule has 3 heterocycles. The van der Waals surface area contributed by atoms with E-state index in [2.05, 4.69) is 82.6 Å². The molecule has 34 heavy (non-hydrogen) atoms. The van der Waals surface area contributed by atoms with E-state index in [1.807, 2.05) is 24.4 Å². The summed E-state index contributed by atoms with van der Waals surface area (Å²) in [5, 5.41) is 7.94. The van der Waals surface area contributed by atoms with Crippen LogP contribution in [0.15, 0.2) is 77.6 Å². The molecule has 1 aliphatic heterocycles. The number of nitrogens with zero attached hydrogens (tertiary/aromatic N) is 4. The third kappa shape index (κ3) is 4.88. The molecule has 0 N–H and O–H groups in total. The van der Waals surface area contributed by atoms with Gasteiger partial charge in [0.1, 0.15) is 11.0 Å². The number of rotatable bonds is 9. The number of benzene rings is 2. The van der Waals surface area contributed by atoms with Gasteiger partial charge in [-0.2, -0.15) is 0 Å². The first-order valence-corrected chi connectivity index (χ1v) is 12.0. The Morgan fingerprint density at radius 1 is 0.971 bits per heavy atom. The van der Waals surface area contributed by atoms with E-state index < -0.39 is 0 Å².